The Kier molecular flexibility index (Phi) is 6.21. The molecule has 1 aromatic rings. The average molecular weight is 416 g/mol. The van der Waals surface area contributed by atoms with Gasteiger partial charge in [0, 0.05) is 6.04 Å². The highest BCUT2D eigenvalue weighted by atomic mass is 16.5. The second-order valence-electron chi connectivity index (χ2n) is 9.48. The summed E-state index contributed by atoms with van der Waals surface area (Å²) in [6.07, 6.45) is 7.94. The van der Waals surface area contributed by atoms with Gasteiger partial charge in [-0.3, -0.25) is 9.59 Å². The van der Waals surface area contributed by atoms with Crippen LogP contribution in [-0.4, -0.2) is 38.2 Å². The number of hydrogen-bond acceptors (Lipinski definition) is 5. The second-order valence-corrected chi connectivity index (χ2v) is 9.48. The summed E-state index contributed by atoms with van der Waals surface area (Å²) in [5.41, 5.74) is 0.247. The number of rotatable bonds is 9. The fourth-order valence-corrected chi connectivity index (χ4v) is 6.34. The number of esters is 1. The van der Waals surface area contributed by atoms with Crippen molar-refractivity contribution in [2.75, 3.05) is 20.3 Å². The predicted octanol–water partition coefficient (Wildman–Crippen LogP) is 3.73. The van der Waals surface area contributed by atoms with Gasteiger partial charge in [0.15, 0.2) is 18.1 Å². The largest absolute Gasteiger partial charge is 0.493 e. The smallest absolute Gasteiger partial charge is 0.309 e. The number of carbonyl (C=O) groups is 2. The Morgan fingerprint density at radius 2 is 1.67 bits per heavy atom. The lowest BCUT2D eigenvalue weighted by Gasteiger charge is -2.59. The normalized spacial score (nSPS) is 29.9. The van der Waals surface area contributed by atoms with Crippen molar-refractivity contribution >= 4 is 11.9 Å². The summed E-state index contributed by atoms with van der Waals surface area (Å²) in [6.45, 7) is 2.07. The molecule has 1 unspecified atom stereocenters. The number of carbonyl (C=O) groups excluding carboxylic acids is 2. The number of para-hydroxylation sites is 2. The SMILES string of the molecule is COc1ccccc1OCCC(=O)OCC(=O)NC(C)C12CC3CC(CC(C3)C1)C2. The van der Waals surface area contributed by atoms with Crippen LogP contribution in [0, 0.1) is 23.2 Å². The number of amides is 1. The van der Waals surface area contributed by atoms with Crippen LogP contribution in [0.5, 0.6) is 11.5 Å². The molecule has 6 heteroatoms. The molecule has 4 aliphatic carbocycles. The van der Waals surface area contributed by atoms with Gasteiger partial charge in [-0.1, -0.05) is 12.1 Å². The molecular formula is C24H33NO5. The van der Waals surface area contributed by atoms with Crippen LogP contribution in [0.3, 0.4) is 0 Å². The number of ether oxygens (including phenoxy) is 3. The van der Waals surface area contributed by atoms with Crippen molar-refractivity contribution in [3.63, 3.8) is 0 Å². The van der Waals surface area contributed by atoms with Crippen LogP contribution in [0.2, 0.25) is 0 Å². The molecule has 0 aliphatic heterocycles. The standard InChI is InChI=1S/C24H33NO5/c1-16(24-12-17-9-18(13-24)11-19(10-17)14-24)25-22(26)15-30-23(27)7-8-29-21-6-4-3-5-20(21)28-2/h3-6,16-19H,7-15H2,1-2H3,(H,25,26). The summed E-state index contributed by atoms with van der Waals surface area (Å²) in [4.78, 5) is 24.4. The molecule has 0 aromatic heterocycles. The molecule has 0 radical (unpaired) electrons. The summed E-state index contributed by atoms with van der Waals surface area (Å²) >= 11 is 0. The van der Waals surface area contributed by atoms with Crippen LogP contribution in [-0.2, 0) is 14.3 Å². The van der Waals surface area contributed by atoms with E-state index in [9.17, 15) is 9.59 Å². The minimum absolute atomic E-state index is 0.0792. The van der Waals surface area contributed by atoms with Gasteiger partial charge in [-0.25, -0.2) is 0 Å². The van der Waals surface area contributed by atoms with Gasteiger partial charge in [0.05, 0.1) is 20.1 Å². The van der Waals surface area contributed by atoms with Gasteiger partial charge >= 0.3 is 5.97 Å². The quantitative estimate of drug-likeness (QED) is 0.622. The first-order chi connectivity index (χ1) is 14.5. The molecular weight excluding hydrogens is 382 g/mol. The molecule has 0 heterocycles. The highest BCUT2D eigenvalue weighted by molar-refractivity contribution is 5.80. The van der Waals surface area contributed by atoms with Gasteiger partial charge in [-0.2, -0.15) is 0 Å². The lowest BCUT2D eigenvalue weighted by Crippen LogP contribution is -2.56. The Balaban J connectivity index is 1.18. The summed E-state index contributed by atoms with van der Waals surface area (Å²) in [6, 6.07) is 7.40. The van der Waals surface area contributed by atoms with E-state index in [1.165, 1.54) is 38.5 Å². The van der Waals surface area contributed by atoms with Crippen molar-refractivity contribution in [3.8, 4) is 11.5 Å². The first-order valence-corrected chi connectivity index (χ1v) is 11.2. The molecule has 4 aliphatic rings. The second kappa shape index (κ2) is 8.86. The molecule has 0 saturated heterocycles. The summed E-state index contributed by atoms with van der Waals surface area (Å²) in [7, 11) is 1.57. The maximum absolute atomic E-state index is 12.4. The van der Waals surface area contributed by atoms with Crippen LogP contribution < -0.4 is 14.8 Å². The van der Waals surface area contributed by atoms with Crippen molar-refractivity contribution in [1.29, 1.82) is 0 Å². The van der Waals surface area contributed by atoms with E-state index in [0.29, 0.717) is 11.5 Å². The molecule has 6 nitrogen and oxygen atoms in total. The highest BCUT2D eigenvalue weighted by Gasteiger charge is 2.53. The Labute approximate surface area is 178 Å². The van der Waals surface area contributed by atoms with Gasteiger partial charge < -0.3 is 19.5 Å². The summed E-state index contributed by atoms with van der Waals surface area (Å²) in [5, 5.41) is 3.13. The van der Waals surface area contributed by atoms with Gasteiger partial charge in [0.25, 0.3) is 5.91 Å². The fourth-order valence-electron chi connectivity index (χ4n) is 6.34. The van der Waals surface area contributed by atoms with Crippen molar-refractivity contribution in [3.05, 3.63) is 24.3 Å². The van der Waals surface area contributed by atoms with Crippen LogP contribution >= 0.6 is 0 Å². The molecule has 1 amide bonds. The zero-order valence-corrected chi connectivity index (χ0v) is 18.0. The van der Waals surface area contributed by atoms with Crippen LogP contribution in [0.25, 0.3) is 0 Å². The van der Waals surface area contributed by atoms with E-state index in [2.05, 4.69) is 12.2 Å². The molecule has 0 spiro atoms. The monoisotopic (exact) mass is 415 g/mol. The number of methoxy groups -OCH3 is 1. The number of nitrogens with one attached hydrogen (secondary N) is 1. The Hall–Kier alpha value is -2.24. The first-order valence-electron chi connectivity index (χ1n) is 11.2. The molecule has 1 aromatic carbocycles. The minimum atomic E-state index is -0.442. The first kappa shape index (κ1) is 21.0. The minimum Gasteiger partial charge on any atom is -0.493 e. The van der Waals surface area contributed by atoms with Gasteiger partial charge in [-0.05, 0) is 80.8 Å². The van der Waals surface area contributed by atoms with Crippen LogP contribution in [0.15, 0.2) is 24.3 Å². The Morgan fingerprint density at radius 1 is 1.07 bits per heavy atom. The fraction of sp³-hybridized carbons (Fsp3) is 0.667. The molecule has 4 bridgehead atoms. The van der Waals surface area contributed by atoms with Crippen LogP contribution in [0.4, 0.5) is 0 Å². The zero-order valence-electron chi connectivity index (χ0n) is 18.0. The molecule has 1 atom stereocenters. The topological polar surface area (TPSA) is 73.9 Å². The number of benzene rings is 1. The van der Waals surface area contributed by atoms with Crippen molar-refractivity contribution in [1.82, 2.24) is 5.32 Å². The third-order valence-electron chi connectivity index (χ3n) is 7.38. The zero-order chi connectivity index (χ0) is 21.1. The van der Waals surface area contributed by atoms with Gasteiger partial charge in [0.1, 0.15) is 0 Å². The van der Waals surface area contributed by atoms with Crippen molar-refractivity contribution in [2.24, 2.45) is 23.2 Å². The summed E-state index contributed by atoms with van der Waals surface area (Å²) in [5.74, 6) is 3.07. The van der Waals surface area contributed by atoms with E-state index in [0.717, 1.165) is 17.8 Å². The lowest BCUT2D eigenvalue weighted by atomic mass is 9.48. The third-order valence-corrected chi connectivity index (χ3v) is 7.38. The molecule has 4 saturated carbocycles. The van der Waals surface area contributed by atoms with Crippen molar-refractivity contribution in [2.45, 2.75) is 57.9 Å². The third kappa shape index (κ3) is 4.57. The molecule has 164 valence electrons. The van der Waals surface area contributed by atoms with Crippen molar-refractivity contribution < 1.29 is 23.8 Å². The van der Waals surface area contributed by atoms with Crippen LogP contribution in [0.1, 0.15) is 51.9 Å². The highest BCUT2D eigenvalue weighted by Crippen LogP contribution is 2.61. The molecule has 5 rings (SSSR count). The maximum atomic E-state index is 12.4. The van der Waals surface area contributed by atoms with Gasteiger partial charge in [-0.15, -0.1) is 0 Å². The Bertz CT molecular complexity index is 741. The maximum Gasteiger partial charge on any atom is 0.309 e. The summed E-state index contributed by atoms with van der Waals surface area (Å²) < 4.78 is 15.9. The average Bonchev–Trinajstić information content (AvgIpc) is 2.71. The van der Waals surface area contributed by atoms with E-state index in [-0.39, 0.29) is 37.0 Å². The van der Waals surface area contributed by atoms with E-state index in [4.69, 9.17) is 14.2 Å². The van der Waals surface area contributed by atoms with Gasteiger partial charge in [0.2, 0.25) is 0 Å². The Morgan fingerprint density at radius 3 is 2.27 bits per heavy atom. The molecule has 1 N–H and O–H groups in total. The van der Waals surface area contributed by atoms with E-state index in [1.54, 1.807) is 19.2 Å². The number of hydrogen-bond donors (Lipinski definition) is 1. The molecule has 4 fully saturated rings. The van der Waals surface area contributed by atoms with E-state index >= 15 is 0 Å². The predicted molar refractivity (Wildman–Crippen MR) is 112 cm³/mol. The van der Waals surface area contributed by atoms with E-state index < -0.39 is 5.97 Å². The molecule has 30 heavy (non-hydrogen) atoms. The van der Waals surface area contributed by atoms with E-state index in [1.807, 2.05) is 12.1 Å². The lowest BCUT2D eigenvalue weighted by molar-refractivity contribution is -0.150.